The van der Waals surface area contributed by atoms with E-state index in [0.29, 0.717) is 12.0 Å². The zero-order chi connectivity index (χ0) is 12.1. The summed E-state index contributed by atoms with van der Waals surface area (Å²) in [5, 5.41) is 0. The van der Waals surface area contributed by atoms with Crippen LogP contribution >= 0.6 is 0 Å². The van der Waals surface area contributed by atoms with Gasteiger partial charge in [-0.1, -0.05) is 26.0 Å². The summed E-state index contributed by atoms with van der Waals surface area (Å²) in [5.41, 5.74) is 1.50. The van der Waals surface area contributed by atoms with Gasteiger partial charge in [-0.15, -0.1) is 0 Å². The number of hydrogen-bond acceptors (Lipinski definition) is 2. The Kier molecular flexibility index (Phi) is 4.40. The Morgan fingerprint density at radius 3 is 2.62 bits per heavy atom. The van der Waals surface area contributed by atoms with Crippen molar-refractivity contribution < 1.29 is 18.3 Å². The van der Waals surface area contributed by atoms with E-state index >= 15 is 0 Å². The van der Waals surface area contributed by atoms with E-state index in [1.165, 1.54) is 6.07 Å². The van der Waals surface area contributed by atoms with Crippen molar-refractivity contribution in [3.63, 3.8) is 0 Å². The predicted octanol–water partition coefficient (Wildman–Crippen LogP) is 3.15. The SMILES string of the molecule is CCc1cc(C(C)C=O)ccc1OC(F)F. The van der Waals surface area contributed by atoms with Gasteiger partial charge in [0.2, 0.25) is 0 Å². The third kappa shape index (κ3) is 3.02. The molecule has 0 aliphatic heterocycles. The Morgan fingerprint density at radius 2 is 2.12 bits per heavy atom. The van der Waals surface area contributed by atoms with Crippen LogP contribution in [0.1, 0.15) is 30.9 Å². The summed E-state index contributed by atoms with van der Waals surface area (Å²) in [6.07, 6.45) is 1.41. The third-order valence-electron chi connectivity index (χ3n) is 2.41. The number of alkyl halides is 2. The molecule has 4 heteroatoms. The summed E-state index contributed by atoms with van der Waals surface area (Å²) in [5.74, 6) is -0.0507. The number of hydrogen-bond donors (Lipinski definition) is 0. The number of rotatable bonds is 5. The normalized spacial score (nSPS) is 12.6. The van der Waals surface area contributed by atoms with Crippen molar-refractivity contribution in [1.82, 2.24) is 0 Å². The van der Waals surface area contributed by atoms with E-state index in [1.807, 2.05) is 6.92 Å². The molecule has 0 bridgehead atoms. The molecule has 1 unspecified atom stereocenters. The molecule has 0 saturated carbocycles. The van der Waals surface area contributed by atoms with Crippen LogP contribution < -0.4 is 4.74 Å². The Morgan fingerprint density at radius 1 is 1.44 bits per heavy atom. The molecule has 1 rings (SSSR count). The molecule has 88 valence electrons. The van der Waals surface area contributed by atoms with Gasteiger partial charge in [0.05, 0.1) is 0 Å². The van der Waals surface area contributed by atoms with Gasteiger partial charge in [0.25, 0.3) is 0 Å². The van der Waals surface area contributed by atoms with Gasteiger partial charge in [-0.2, -0.15) is 8.78 Å². The lowest BCUT2D eigenvalue weighted by Gasteiger charge is -2.12. The minimum absolute atomic E-state index is 0.180. The summed E-state index contributed by atoms with van der Waals surface area (Å²) in [4.78, 5) is 10.6. The van der Waals surface area contributed by atoms with Gasteiger partial charge in [-0.05, 0) is 23.6 Å². The van der Waals surface area contributed by atoms with E-state index in [9.17, 15) is 13.6 Å². The first-order valence-corrected chi connectivity index (χ1v) is 5.11. The molecule has 1 atom stereocenters. The molecule has 0 saturated heterocycles. The average Bonchev–Trinajstić information content (AvgIpc) is 2.27. The smallest absolute Gasteiger partial charge is 0.387 e. The molecule has 1 aromatic rings. The zero-order valence-corrected chi connectivity index (χ0v) is 9.24. The Hall–Kier alpha value is -1.45. The number of carbonyl (C=O) groups is 1. The van der Waals surface area contributed by atoms with Crippen LogP contribution in [-0.4, -0.2) is 12.9 Å². The van der Waals surface area contributed by atoms with Gasteiger partial charge in [0.15, 0.2) is 0 Å². The number of benzene rings is 1. The van der Waals surface area contributed by atoms with Gasteiger partial charge < -0.3 is 9.53 Å². The Balaban J connectivity index is 3.01. The molecule has 0 aromatic heterocycles. The molecule has 0 aliphatic rings. The highest BCUT2D eigenvalue weighted by Crippen LogP contribution is 2.25. The van der Waals surface area contributed by atoms with E-state index in [4.69, 9.17) is 0 Å². The zero-order valence-electron chi connectivity index (χ0n) is 9.24. The molecule has 0 N–H and O–H groups in total. The standard InChI is InChI=1S/C12H14F2O2/c1-3-9-6-10(8(2)7-15)4-5-11(9)16-12(13)14/h4-8,12H,3H2,1-2H3. The third-order valence-corrected chi connectivity index (χ3v) is 2.41. The van der Waals surface area contributed by atoms with Crippen LogP contribution in [-0.2, 0) is 11.2 Å². The van der Waals surface area contributed by atoms with Crippen LogP contribution in [0.15, 0.2) is 18.2 Å². The fourth-order valence-corrected chi connectivity index (χ4v) is 1.45. The summed E-state index contributed by atoms with van der Waals surface area (Å²) in [6, 6.07) is 4.85. The van der Waals surface area contributed by atoms with Gasteiger partial charge >= 0.3 is 6.61 Å². The fourth-order valence-electron chi connectivity index (χ4n) is 1.45. The first-order valence-electron chi connectivity index (χ1n) is 5.11. The Labute approximate surface area is 93.2 Å². The summed E-state index contributed by atoms with van der Waals surface area (Å²) >= 11 is 0. The number of ether oxygens (including phenoxy) is 1. The van der Waals surface area contributed by atoms with E-state index < -0.39 is 6.61 Å². The lowest BCUT2D eigenvalue weighted by atomic mass is 9.99. The van der Waals surface area contributed by atoms with Gasteiger partial charge in [-0.25, -0.2) is 0 Å². The highest BCUT2D eigenvalue weighted by molar-refractivity contribution is 5.62. The minimum Gasteiger partial charge on any atom is -0.435 e. The lowest BCUT2D eigenvalue weighted by Crippen LogP contribution is -2.05. The van der Waals surface area contributed by atoms with Crippen LogP contribution in [0, 0.1) is 0 Å². The summed E-state index contributed by atoms with van der Waals surface area (Å²) in [7, 11) is 0. The van der Waals surface area contributed by atoms with Crippen molar-refractivity contribution in [1.29, 1.82) is 0 Å². The molecule has 0 radical (unpaired) electrons. The van der Waals surface area contributed by atoms with Crippen LogP contribution in [0.4, 0.5) is 8.78 Å². The lowest BCUT2D eigenvalue weighted by molar-refractivity contribution is -0.108. The maximum Gasteiger partial charge on any atom is 0.387 e. The highest BCUT2D eigenvalue weighted by atomic mass is 19.3. The van der Waals surface area contributed by atoms with Crippen molar-refractivity contribution in [3.05, 3.63) is 29.3 Å². The highest BCUT2D eigenvalue weighted by Gasteiger charge is 2.11. The van der Waals surface area contributed by atoms with Gasteiger partial charge in [0.1, 0.15) is 12.0 Å². The van der Waals surface area contributed by atoms with Crippen molar-refractivity contribution in [2.45, 2.75) is 32.8 Å². The van der Waals surface area contributed by atoms with Crippen LogP contribution in [0.3, 0.4) is 0 Å². The molecule has 2 nitrogen and oxygen atoms in total. The number of carbonyl (C=O) groups excluding carboxylic acids is 1. The quantitative estimate of drug-likeness (QED) is 0.723. The van der Waals surface area contributed by atoms with Crippen molar-refractivity contribution >= 4 is 6.29 Å². The van der Waals surface area contributed by atoms with Crippen molar-refractivity contribution in [3.8, 4) is 5.75 Å². The maximum atomic E-state index is 12.1. The van der Waals surface area contributed by atoms with Crippen LogP contribution in [0.2, 0.25) is 0 Å². The first kappa shape index (κ1) is 12.6. The molecule has 0 fully saturated rings. The largest absolute Gasteiger partial charge is 0.435 e. The van der Waals surface area contributed by atoms with E-state index in [2.05, 4.69) is 4.74 Å². The summed E-state index contributed by atoms with van der Waals surface area (Å²) in [6.45, 7) is 0.790. The first-order chi connectivity index (χ1) is 7.58. The molecule has 16 heavy (non-hydrogen) atoms. The Bertz CT molecular complexity index is 364. The average molecular weight is 228 g/mol. The number of aryl methyl sites for hydroxylation is 1. The monoisotopic (exact) mass is 228 g/mol. The second-order valence-corrected chi connectivity index (χ2v) is 3.52. The molecule has 1 aromatic carbocycles. The van der Waals surface area contributed by atoms with E-state index in [-0.39, 0.29) is 11.7 Å². The second kappa shape index (κ2) is 5.58. The second-order valence-electron chi connectivity index (χ2n) is 3.52. The predicted molar refractivity (Wildman–Crippen MR) is 56.9 cm³/mol. The molecular formula is C12H14F2O2. The molecular weight excluding hydrogens is 214 g/mol. The summed E-state index contributed by atoms with van der Waals surface area (Å²) < 4.78 is 28.6. The van der Waals surface area contributed by atoms with Crippen LogP contribution in [0.25, 0.3) is 0 Å². The van der Waals surface area contributed by atoms with Crippen LogP contribution in [0.5, 0.6) is 5.75 Å². The fraction of sp³-hybridized carbons (Fsp3) is 0.417. The van der Waals surface area contributed by atoms with E-state index in [0.717, 1.165) is 11.8 Å². The number of aldehydes is 1. The topological polar surface area (TPSA) is 26.3 Å². The van der Waals surface area contributed by atoms with Gasteiger partial charge in [0, 0.05) is 5.92 Å². The number of halogens is 2. The molecule has 0 amide bonds. The minimum atomic E-state index is -2.82. The van der Waals surface area contributed by atoms with Gasteiger partial charge in [-0.3, -0.25) is 0 Å². The molecule has 0 spiro atoms. The van der Waals surface area contributed by atoms with Crippen molar-refractivity contribution in [2.75, 3.05) is 0 Å². The van der Waals surface area contributed by atoms with Crippen molar-refractivity contribution in [2.24, 2.45) is 0 Å². The molecule has 0 heterocycles. The molecule has 0 aliphatic carbocycles. The maximum absolute atomic E-state index is 12.1. The van der Waals surface area contributed by atoms with E-state index in [1.54, 1.807) is 19.1 Å².